The van der Waals surface area contributed by atoms with Crippen molar-refractivity contribution in [2.75, 3.05) is 6.54 Å². The Morgan fingerprint density at radius 2 is 1.66 bits per heavy atom. The van der Waals surface area contributed by atoms with Crippen molar-refractivity contribution in [2.24, 2.45) is 0 Å². The van der Waals surface area contributed by atoms with E-state index in [1.54, 1.807) is 72.3 Å². The second-order valence-electron chi connectivity index (χ2n) is 7.10. The molecule has 0 saturated carbocycles. The number of benzene rings is 2. The van der Waals surface area contributed by atoms with Gasteiger partial charge in [0.2, 0.25) is 0 Å². The van der Waals surface area contributed by atoms with Crippen molar-refractivity contribution in [3.8, 4) is 11.3 Å². The van der Waals surface area contributed by atoms with E-state index in [2.05, 4.69) is 15.3 Å². The van der Waals surface area contributed by atoms with Gasteiger partial charge in [0.1, 0.15) is 0 Å². The molecule has 0 spiro atoms. The van der Waals surface area contributed by atoms with E-state index in [9.17, 15) is 9.59 Å². The Morgan fingerprint density at radius 1 is 0.938 bits per heavy atom. The van der Waals surface area contributed by atoms with E-state index >= 15 is 0 Å². The molecule has 4 aromatic rings. The van der Waals surface area contributed by atoms with E-state index < -0.39 is 0 Å². The van der Waals surface area contributed by atoms with E-state index in [4.69, 9.17) is 11.6 Å². The average molecular weight is 462 g/mol. The molecule has 160 valence electrons. The number of halogens is 1. The van der Waals surface area contributed by atoms with Crippen LogP contribution in [-0.2, 0) is 6.42 Å². The molecule has 0 aliphatic rings. The molecule has 0 aliphatic heterocycles. The molecule has 0 aliphatic carbocycles. The fourth-order valence-electron chi connectivity index (χ4n) is 3.25. The molecule has 0 saturated heterocycles. The maximum absolute atomic E-state index is 12.9. The van der Waals surface area contributed by atoms with Crippen molar-refractivity contribution in [1.29, 1.82) is 0 Å². The molecule has 5 nitrogen and oxygen atoms in total. The second-order valence-corrected chi connectivity index (χ2v) is 8.48. The number of ketones is 1. The summed E-state index contributed by atoms with van der Waals surface area (Å²) >= 11 is 7.52. The first kappa shape index (κ1) is 21.9. The maximum Gasteiger partial charge on any atom is 0.252 e. The minimum absolute atomic E-state index is 0.209. The molecule has 2 heterocycles. The predicted molar refractivity (Wildman–Crippen MR) is 127 cm³/mol. The fourth-order valence-corrected chi connectivity index (χ4v) is 4.23. The number of pyridine rings is 1. The predicted octanol–water partition coefficient (Wildman–Crippen LogP) is 5.45. The Bertz CT molecular complexity index is 1220. The minimum Gasteiger partial charge on any atom is -0.352 e. The molecule has 0 radical (unpaired) electrons. The molecule has 7 heteroatoms. The zero-order valence-electron chi connectivity index (χ0n) is 17.1. The van der Waals surface area contributed by atoms with E-state index in [1.807, 2.05) is 17.5 Å². The van der Waals surface area contributed by atoms with Crippen molar-refractivity contribution in [1.82, 2.24) is 15.3 Å². The van der Waals surface area contributed by atoms with Gasteiger partial charge in [-0.3, -0.25) is 14.6 Å². The molecule has 0 unspecified atom stereocenters. The molecule has 1 amide bonds. The monoisotopic (exact) mass is 461 g/mol. The summed E-state index contributed by atoms with van der Waals surface area (Å²) in [6.45, 7) is 0.493. The zero-order valence-corrected chi connectivity index (χ0v) is 18.7. The lowest BCUT2D eigenvalue weighted by atomic mass is 9.98. The summed E-state index contributed by atoms with van der Waals surface area (Å²) in [5, 5.41) is 6.52. The molecular weight excluding hydrogens is 442 g/mol. The van der Waals surface area contributed by atoms with Crippen molar-refractivity contribution in [3.05, 3.63) is 105 Å². The summed E-state index contributed by atoms with van der Waals surface area (Å²) in [5.41, 5.74) is 3.20. The number of carbonyl (C=O) groups excluding carboxylic acids is 2. The molecule has 32 heavy (non-hydrogen) atoms. The van der Waals surface area contributed by atoms with Crippen LogP contribution < -0.4 is 5.32 Å². The smallest absolute Gasteiger partial charge is 0.252 e. The van der Waals surface area contributed by atoms with Crippen LogP contribution in [-0.4, -0.2) is 28.2 Å². The summed E-state index contributed by atoms with van der Waals surface area (Å²) in [7, 11) is 0. The standard InChI is InChI=1S/C25H20ClN3O2S/c26-19-9-7-18(8-10-19)24(30)20-4-1-2-5-21(20)25(31)28-13-3-6-23-29-22(16-32-23)17-11-14-27-15-12-17/h1-2,4-5,7-12,14-16H,3,6,13H2,(H,28,31). The van der Waals surface area contributed by atoms with Crippen LogP contribution in [0.3, 0.4) is 0 Å². The van der Waals surface area contributed by atoms with Crippen molar-refractivity contribution in [3.63, 3.8) is 0 Å². The van der Waals surface area contributed by atoms with E-state index in [-0.39, 0.29) is 11.7 Å². The number of rotatable bonds is 8. The third-order valence-corrected chi connectivity index (χ3v) is 6.06. The third-order valence-electron chi connectivity index (χ3n) is 4.90. The van der Waals surface area contributed by atoms with Crippen molar-refractivity contribution < 1.29 is 9.59 Å². The molecule has 4 rings (SSSR count). The van der Waals surface area contributed by atoms with Gasteiger partial charge in [-0.25, -0.2) is 4.98 Å². The summed E-state index contributed by atoms with van der Waals surface area (Å²) in [5.74, 6) is -0.474. The van der Waals surface area contributed by atoms with Gasteiger partial charge in [0, 0.05) is 52.5 Å². The number of hydrogen-bond acceptors (Lipinski definition) is 5. The summed E-state index contributed by atoms with van der Waals surface area (Å²) < 4.78 is 0. The fraction of sp³-hybridized carbons (Fsp3) is 0.120. The summed E-state index contributed by atoms with van der Waals surface area (Å²) in [6.07, 6.45) is 5.02. The normalized spacial score (nSPS) is 10.7. The minimum atomic E-state index is -0.264. The van der Waals surface area contributed by atoms with E-state index in [0.717, 1.165) is 29.1 Å². The highest BCUT2D eigenvalue weighted by Gasteiger charge is 2.17. The van der Waals surface area contributed by atoms with Gasteiger partial charge in [-0.2, -0.15) is 0 Å². The first-order valence-corrected chi connectivity index (χ1v) is 11.4. The number of carbonyl (C=O) groups is 2. The highest BCUT2D eigenvalue weighted by molar-refractivity contribution is 7.09. The first-order chi connectivity index (χ1) is 15.6. The topological polar surface area (TPSA) is 72.0 Å². The number of thiazole rings is 1. The van der Waals surface area contributed by atoms with Crippen LogP contribution in [0.25, 0.3) is 11.3 Å². The largest absolute Gasteiger partial charge is 0.352 e. The molecule has 2 aromatic heterocycles. The molecular formula is C25H20ClN3O2S. The van der Waals surface area contributed by atoms with Gasteiger partial charge >= 0.3 is 0 Å². The van der Waals surface area contributed by atoms with Crippen LogP contribution in [0.15, 0.2) is 78.4 Å². The number of amides is 1. The maximum atomic E-state index is 12.9. The van der Waals surface area contributed by atoms with Crippen molar-refractivity contribution in [2.45, 2.75) is 12.8 Å². The van der Waals surface area contributed by atoms with Crippen LogP contribution in [0.1, 0.15) is 37.7 Å². The number of hydrogen-bond donors (Lipinski definition) is 1. The van der Waals surface area contributed by atoms with Gasteiger partial charge in [0.25, 0.3) is 5.91 Å². The van der Waals surface area contributed by atoms with Crippen LogP contribution in [0.5, 0.6) is 0 Å². The quantitative estimate of drug-likeness (QED) is 0.279. The van der Waals surface area contributed by atoms with Gasteiger partial charge in [0.05, 0.1) is 16.3 Å². The highest BCUT2D eigenvalue weighted by Crippen LogP contribution is 2.22. The lowest BCUT2D eigenvalue weighted by Crippen LogP contribution is -2.26. The summed E-state index contributed by atoms with van der Waals surface area (Å²) in [4.78, 5) is 34.3. The molecule has 1 N–H and O–H groups in total. The van der Waals surface area contributed by atoms with E-state index in [0.29, 0.717) is 28.3 Å². The number of nitrogens with zero attached hydrogens (tertiary/aromatic N) is 2. The molecule has 0 atom stereocenters. The van der Waals surface area contributed by atoms with Gasteiger partial charge < -0.3 is 5.32 Å². The molecule has 0 fully saturated rings. The second kappa shape index (κ2) is 10.3. The SMILES string of the molecule is O=C(NCCCc1nc(-c2ccncc2)cs1)c1ccccc1C(=O)c1ccc(Cl)cc1. The average Bonchev–Trinajstić information content (AvgIpc) is 3.31. The lowest BCUT2D eigenvalue weighted by molar-refractivity contribution is 0.0941. The van der Waals surface area contributed by atoms with Crippen molar-refractivity contribution >= 4 is 34.6 Å². The Labute approximate surface area is 195 Å². The Morgan fingerprint density at radius 3 is 2.41 bits per heavy atom. The number of aryl methyl sites for hydroxylation is 1. The lowest BCUT2D eigenvalue weighted by Gasteiger charge is -2.09. The Kier molecular flexibility index (Phi) is 7.04. The third kappa shape index (κ3) is 5.28. The molecule has 0 bridgehead atoms. The van der Waals surface area contributed by atoms with Crippen LogP contribution in [0.2, 0.25) is 5.02 Å². The van der Waals surface area contributed by atoms with Crippen LogP contribution in [0.4, 0.5) is 0 Å². The Hall–Kier alpha value is -3.35. The highest BCUT2D eigenvalue weighted by atomic mass is 35.5. The van der Waals surface area contributed by atoms with Crippen LogP contribution >= 0.6 is 22.9 Å². The zero-order chi connectivity index (χ0) is 22.3. The van der Waals surface area contributed by atoms with Gasteiger partial charge in [-0.15, -0.1) is 11.3 Å². The summed E-state index contributed by atoms with van der Waals surface area (Å²) in [6, 6.07) is 17.4. The van der Waals surface area contributed by atoms with Crippen LogP contribution in [0, 0.1) is 0 Å². The van der Waals surface area contributed by atoms with Gasteiger partial charge in [-0.1, -0.05) is 29.8 Å². The molecule has 2 aromatic carbocycles. The van der Waals surface area contributed by atoms with Gasteiger partial charge in [-0.05, 0) is 48.9 Å². The first-order valence-electron chi connectivity index (χ1n) is 10.1. The van der Waals surface area contributed by atoms with E-state index in [1.165, 1.54) is 0 Å². The Balaban J connectivity index is 1.34. The van der Waals surface area contributed by atoms with Gasteiger partial charge in [0.15, 0.2) is 5.78 Å². The number of aromatic nitrogens is 2. The number of nitrogens with one attached hydrogen (secondary N) is 1.